The van der Waals surface area contributed by atoms with Crippen molar-refractivity contribution in [3.05, 3.63) is 12.0 Å². The smallest absolute Gasteiger partial charge is 0.259 e. The fourth-order valence-corrected chi connectivity index (χ4v) is 3.07. The van der Waals surface area contributed by atoms with E-state index in [0.717, 1.165) is 12.8 Å². The molecular weight excluding hydrogens is 286 g/mol. The first-order valence-corrected chi connectivity index (χ1v) is 8.25. The number of hydrogen-bond donors (Lipinski definition) is 1. The van der Waals surface area contributed by atoms with Gasteiger partial charge in [-0.05, 0) is 25.2 Å². The molecule has 1 aromatic rings. The molecule has 0 aliphatic rings. The maximum absolute atomic E-state index is 12.1. The number of rotatable bonds is 7. The summed E-state index contributed by atoms with van der Waals surface area (Å²) in [6, 6.07) is 0. The molecule has 0 aliphatic carbocycles. The second-order valence-electron chi connectivity index (χ2n) is 5.52. The van der Waals surface area contributed by atoms with Crippen LogP contribution in [-0.4, -0.2) is 30.4 Å². The Morgan fingerprint density at radius 1 is 1.47 bits per heavy atom. The molecule has 1 rings (SSSR count). The summed E-state index contributed by atoms with van der Waals surface area (Å²) in [5, 5.41) is 0.0700. The molecule has 0 unspecified atom stereocenters. The normalized spacial score (nSPS) is 12.9. The van der Waals surface area contributed by atoms with Gasteiger partial charge in [0.15, 0.2) is 5.03 Å². The third-order valence-corrected chi connectivity index (χ3v) is 4.63. The molecule has 0 saturated carbocycles. The first-order chi connectivity index (χ1) is 8.68. The van der Waals surface area contributed by atoms with Crippen LogP contribution in [0.3, 0.4) is 0 Å². The Bertz CT molecular complexity index is 504. The molecule has 0 atom stereocenters. The summed E-state index contributed by atoms with van der Waals surface area (Å²) in [6.07, 6.45) is 3.27. The summed E-state index contributed by atoms with van der Waals surface area (Å²) in [4.78, 5) is 4.04. The van der Waals surface area contributed by atoms with E-state index in [1.807, 2.05) is 13.8 Å². The van der Waals surface area contributed by atoms with Gasteiger partial charge in [0.2, 0.25) is 0 Å². The van der Waals surface area contributed by atoms with Gasteiger partial charge in [0, 0.05) is 25.7 Å². The second-order valence-corrected chi connectivity index (χ2v) is 7.61. The Kier molecular flexibility index (Phi) is 5.41. The lowest BCUT2D eigenvalue weighted by Crippen LogP contribution is -2.34. The Morgan fingerprint density at radius 2 is 2.11 bits per heavy atom. The standard InChI is InChI=1S/C12H22ClN3O2S/c1-10-15-11(8-16(10)4)19(17,18)14-9-12(2,3)6-5-7-13/h8,14H,5-7,9H2,1-4H3. The zero-order valence-electron chi connectivity index (χ0n) is 11.9. The number of nitrogens with one attached hydrogen (secondary N) is 1. The molecule has 7 heteroatoms. The van der Waals surface area contributed by atoms with E-state index in [2.05, 4.69) is 9.71 Å². The van der Waals surface area contributed by atoms with Gasteiger partial charge < -0.3 is 4.57 Å². The molecule has 1 heterocycles. The quantitative estimate of drug-likeness (QED) is 0.784. The highest BCUT2D eigenvalue weighted by Gasteiger charge is 2.23. The van der Waals surface area contributed by atoms with Crippen molar-refractivity contribution in [3.8, 4) is 0 Å². The Hall–Kier alpha value is -0.590. The van der Waals surface area contributed by atoms with Crippen molar-refractivity contribution in [2.75, 3.05) is 12.4 Å². The topological polar surface area (TPSA) is 64.0 Å². The SMILES string of the molecule is Cc1nc(S(=O)(=O)NCC(C)(C)CCCCl)cn1C. The first kappa shape index (κ1) is 16.5. The van der Waals surface area contributed by atoms with Gasteiger partial charge in [0.05, 0.1) is 0 Å². The number of hydrogen-bond acceptors (Lipinski definition) is 3. The van der Waals surface area contributed by atoms with Crippen LogP contribution in [0.15, 0.2) is 11.2 Å². The van der Waals surface area contributed by atoms with Gasteiger partial charge in [-0.2, -0.15) is 0 Å². The minimum absolute atomic E-state index is 0.0700. The van der Waals surface area contributed by atoms with Crippen molar-refractivity contribution < 1.29 is 8.42 Å². The minimum atomic E-state index is -3.54. The second kappa shape index (κ2) is 6.24. The van der Waals surface area contributed by atoms with Crippen LogP contribution in [0, 0.1) is 12.3 Å². The Morgan fingerprint density at radius 3 is 2.58 bits per heavy atom. The number of nitrogens with zero attached hydrogens (tertiary/aromatic N) is 2. The monoisotopic (exact) mass is 307 g/mol. The van der Waals surface area contributed by atoms with E-state index in [-0.39, 0.29) is 10.4 Å². The van der Waals surface area contributed by atoms with Crippen LogP contribution in [0.5, 0.6) is 0 Å². The number of sulfonamides is 1. The third-order valence-electron chi connectivity index (χ3n) is 3.09. The minimum Gasteiger partial charge on any atom is -0.337 e. The van der Waals surface area contributed by atoms with E-state index in [9.17, 15) is 8.42 Å². The van der Waals surface area contributed by atoms with Crippen molar-refractivity contribution in [3.63, 3.8) is 0 Å². The summed E-state index contributed by atoms with van der Waals surface area (Å²) in [6.45, 7) is 6.18. The van der Waals surface area contributed by atoms with Gasteiger partial charge in [0.25, 0.3) is 10.0 Å². The molecular formula is C12H22ClN3O2S. The zero-order chi connectivity index (χ0) is 14.7. The lowest BCUT2D eigenvalue weighted by Gasteiger charge is -2.24. The highest BCUT2D eigenvalue weighted by molar-refractivity contribution is 7.89. The number of aryl methyl sites for hydroxylation is 2. The van der Waals surface area contributed by atoms with Gasteiger partial charge >= 0.3 is 0 Å². The molecule has 19 heavy (non-hydrogen) atoms. The molecule has 1 N–H and O–H groups in total. The Balaban J connectivity index is 2.70. The molecule has 0 amide bonds. The van der Waals surface area contributed by atoms with Crippen molar-refractivity contribution in [1.29, 1.82) is 0 Å². The predicted molar refractivity (Wildman–Crippen MR) is 76.9 cm³/mol. The largest absolute Gasteiger partial charge is 0.337 e. The molecule has 1 aromatic heterocycles. The van der Waals surface area contributed by atoms with Crippen molar-refractivity contribution >= 4 is 21.6 Å². The van der Waals surface area contributed by atoms with Gasteiger partial charge in [-0.25, -0.2) is 18.1 Å². The van der Waals surface area contributed by atoms with Crippen molar-refractivity contribution in [2.24, 2.45) is 12.5 Å². The van der Waals surface area contributed by atoms with Crippen molar-refractivity contribution in [1.82, 2.24) is 14.3 Å². The van der Waals surface area contributed by atoms with E-state index in [1.54, 1.807) is 18.5 Å². The molecule has 0 radical (unpaired) electrons. The predicted octanol–water partition coefficient (Wildman–Crippen LogP) is 2.05. The van der Waals surface area contributed by atoms with E-state index >= 15 is 0 Å². The summed E-state index contributed by atoms with van der Waals surface area (Å²) in [5.41, 5.74) is -0.119. The third kappa shape index (κ3) is 4.78. The maximum atomic E-state index is 12.1. The van der Waals surface area contributed by atoms with Crippen LogP contribution in [-0.2, 0) is 17.1 Å². The molecule has 0 aromatic carbocycles. The fraction of sp³-hybridized carbons (Fsp3) is 0.750. The van der Waals surface area contributed by atoms with Gasteiger partial charge in [-0.15, -0.1) is 11.6 Å². The lowest BCUT2D eigenvalue weighted by atomic mass is 9.88. The van der Waals surface area contributed by atoms with Gasteiger partial charge in [0.1, 0.15) is 5.82 Å². The summed E-state index contributed by atoms with van der Waals surface area (Å²) in [5.74, 6) is 1.26. The fourth-order valence-electron chi connectivity index (χ4n) is 1.65. The number of halogens is 1. The van der Waals surface area contributed by atoms with Gasteiger partial charge in [-0.3, -0.25) is 0 Å². The van der Waals surface area contributed by atoms with Crippen LogP contribution in [0.25, 0.3) is 0 Å². The van der Waals surface area contributed by atoms with E-state index < -0.39 is 10.0 Å². The van der Waals surface area contributed by atoms with E-state index in [4.69, 9.17) is 11.6 Å². The summed E-state index contributed by atoms with van der Waals surface area (Å²) >= 11 is 5.66. The molecule has 110 valence electrons. The average molecular weight is 308 g/mol. The zero-order valence-corrected chi connectivity index (χ0v) is 13.5. The molecule has 0 aliphatic heterocycles. The van der Waals surface area contributed by atoms with Crippen LogP contribution in [0.4, 0.5) is 0 Å². The van der Waals surface area contributed by atoms with Gasteiger partial charge in [-0.1, -0.05) is 13.8 Å². The van der Waals surface area contributed by atoms with E-state index in [1.165, 1.54) is 6.20 Å². The van der Waals surface area contributed by atoms with Crippen LogP contribution in [0.1, 0.15) is 32.5 Å². The Labute approximate surface area is 120 Å². The number of aromatic nitrogens is 2. The molecule has 0 spiro atoms. The van der Waals surface area contributed by atoms with Crippen LogP contribution in [0.2, 0.25) is 0 Å². The first-order valence-electron chi connectivity index (χ1n) is 6.23. The number of imidazole rings is 1. The van der Waals surface area contributed by atoms with Crippen molar-refractivity contribution in [2.45, 2.75) is 38.6 Å². The van der Waals surface area contributed by atoms with Crippen LogP contribution >= 0.6 is 11.6 Å². The highest BCUT2D eigenvalue weighted by atomic mass is 35.5. The molecule has 0 fully saturated rings. The van der Waals surface area contributed by atoms with Crippen LogP contribution < -0.4 is 4.72 Å². The lowest BCUT2D eigenvalue weighted by molar-refractivity contribution is 0.331. The summed E-state index contributed by atoms with van der Waals surface area (Å²) in [7, 11) is -1.77. The summed E-state index contributed by atoms with van der Waals surface area (Å²) < 4.78 is 28.5. The number of alkyl halides is 1. The maximum Gasteiger partial charge on any atom is 0.259 e. The molecule has 5 nitrogen and oxygen atoms in total. The average Bonchev–Trinajstić information content (AvgIpc) is 2.66. The van der Waals surface area contributed by atoms with E-state index in [0.29, 0.717) is 18.2 Å². The molecule has 0 saturated heterocycles. The highest BCUT2D eigenvalue weighted by Crippen LogP contribution is 2.22. The molecule has 0 bridgehead atoms.